The molecule has 1 amide bonds. The van der Waals surface area contributed by atoms with Gasteiger partial charge < -0.3 is 14.5 Å². The van der Waals surface area contributed by atoms with Crippen molar-refractivity contribution in [2.75, 3.05) is 37.7 Å². The Bertz CT molecular complexity index is 693. The Hall–Kier alpha value is -2.64. The molecule has 23 heavy (non-hydrogen) atoms. The Morgan fingerprint density at radius 3 is 2.65 bits per heavy atom. The molecule has 1 saturated heterocycles. The Labute approximate surface area is 133 Å². The maximum atomic E-state index is 12.7. The third-order valence-electron chi connectivity index (χ3n) is 4.18. The molecule has 0 spiro atoms. The van der Waals surface area contributed by atoms with Gasteiger partial charge in [-0.15, -0.1) is 0 Å². The van der Waals surface area contributed by atoms with E-state index < -0.39 is 0 Å². The van der Waals surface area contributed by atoms with Gasteiger partial charge in [0, 0.05) is 51.5 Å². The summed E-state index contributed by atoms with van der Waals surface area (Å²) in [6, 6.07) is 1.80. The molecule has 0 radical (unpaired) electrons. The monoisotopic (exact) mass is 314 g/mol. The molecule has 2 aliphatic rings. The third-order valence-corrected chi connectivity index (χ3v) is 4.18. The predicted molar refractivity (Wildman–Crippen MR) is 82.5 cm³/mol. The van der Waals surface area contributed by atoms with E-state index in [1.165, 1.54) is 0 Å². The van der Waals surface area contributed by atoms with Crippen molar-refractivity contribution in [3.8, 4) is 5.88 Å². The fourth-order valence-corrected chi connectivity index (χ4v) is 2.95. The number of aryl methyl sites for hydroxylation is 1. The number of anilines is 1. The van der Waals surface area contributed by atoms with Crippen molar-refractivity contribution in [2.24, 2.45) is 0 Å². The average Bonchev–Trinajstić information content (AvgIpc) is 3.06. The molecule has 2 aliphatic heterocycles. The maximum absolute atomic E-state index is 12.7. The van der Waals surface area contributed by atoms with Crippen LogP contribution in [0.5, 0.6) is 5.88 Å². The molecule has 120 valence electrons. The van der Waals surface area contributed by atoms with Crippen LogP contribution in [0.15, 0.2) is 24.7 Å². The molecule has 1 fully saturated rings. The van der Waals surface area contributed by atoms with Crippen molar-refractivity contribution in [3.05, 3.63) is 30.2 Å². The molecule has 4 rings (SSSR count). The summed E-state index contributed by atoms with van der Waals surface area (Å²) in [5.74, 6) is 1.31. The van der Waals surface area contributed by atoms with Gasteiger partial charge in [0.1, 0.15) is 5.56 Å². The highest BCUT2D eigenvalue weighted by Crippen LogP contribution is 2.24. The second-order valence-corrected chi connectivity index (χ2v) is 5.62. The lowest BCUT2D eigenvalue weighted by molar-refractivity contribution is 0.0739. The molecule has 0 unspecified atom stereocenters. The summed E-state index contributed by atoms with van der Waals surface area (Å²) in [4.78, 5) is 25.2. The van der Waals surface area contributed by atoms with Crippen LogP contribution >= 0.6 is 0 Å². The number of ether oxygens (including phenoxy) is 1. The number of nitrogens with zero attached hydrogens (tertiary/aromatic N) is 6. The first-order valence-electron chi connectivity index (χ1n) is 7.83. The van der Waals surface area contributed by atoms with E-state index in [1.54, 1.807) is 29.3 Å². The minimum absolute atomic E-state index is 0.0122. The van der Waals surface area contributed by atoms with Crippen LogP contribution in [0.1, 0.15) is 16.8 Å². The van der Waals surface area contributed by atoms with E-state index in [0.29, 0.717) is 37.1 Å². The van der Waals surface area contributed by atoms with Gasteiger partial charge in [-0.25, -0.2) is 14.6 Å². The number of rotatable bonds is 2. The third kappa shape index (κ3) is 2.60. The lowest BCUT2D eigenvalue weighted by Crippen LogP contribution is -2.49. The maximum Gasteiger partial charge on any atom is 0.261 e. The summed E-state index contributed by atoms with van der Waals surface area (Å²) in [5, 5.41) is 4.25. The zero-order chi connectivity index (χ0) is 15.6. The van der Waals surface area contributed by atoms with E-state index in [1.807, 2.05) is 4.90 Å². The number of piperazine rings is 1. The van der Waals surface area contributed by atoms with E-state index in [9.17, 15) is 4.79 Å². The van der Waals surface area contributed by atoms with Gasteiger partial charge in [0.2, 0.25) is 11.8 Å². The van der Waals surface area contributed by atoms with Crippen molar-refractivity contribution in [3.63, 3.8) is 0 Å². The van der Waals surface area contributed by atoms with Crippen LogP contribution in [0.3, 0.4) is 0 Å². The van der Waals surface area contributed by atoms with Crippen molar-refractivity contribution < 1.29 is 9.53 Å². The van der Waals surface area contributed by atoms with Gasteiger partial charge >= 0.3 is 0 Å². The highest BCUT2D eigenvalue weighted by molar-refractivity contribution is 5.96. The Kier molecular flexibility index (Phi) is 3.57. The molecule has 2 aromatic heterocycles. The van der Waals surface area contributed by atoms with Crippen LogP contribution in [-0.2, 0) is 6.54 Å². The summed E-state index contributed by atoms with van der Waals surface area (Å²) in [5.41, 5.74) is 0.564. The smallest absolute Gasteiger partial charge is 0.261 e. The zero-order valence-corrected chi connectivity index (χ0v) is 12.8. The second-order valence-electron chi connectivity index (χ2n) is 5.62. The van der Waals surface area contributed by atoms with Gasteiger partial charge in [-0.1, -0.05) is 0 Å². The van der Waals surface area contributed by atoms with Crippen LogP contribution in [-0.4, -0.2) is 63.3 Å². The van der Waals surface area contributed by atoms with Crippen LogP contribution < -0.4 is 9.64 Å². The van der Waals surface area contributed by atoms with E-state index in [4.69, 9.17) is 4.74 Å². The molecule has 8 nitrogen and oxygen atoms in total. The summed E-state index contributed by atoms with van der Waals surface area (Å²) < 4.78 is 7.39. The van der Waals surface area contributed by atoms with Gasteiger partial charge in [-0.3, -0.25) is 4.79 Å². The summed E-state index contributed by atoms with van der Waals surface area (Å²) in [7, 11) is 0. The molecule has 0 atom stereocenters. The van der Waals surface area contributed by atoms with E-state index in [2.05, 4.69) is 20.0 Å². The lowest BCUT2D eigenvalue weighted by atomic mass is 10.2. The molecule has 2 aromatic rings. The molecule has 0 aliphatic carbocycles. The van der Waals surface area contributed by atoms with Gasteiger partial charge in [0.15, 0.2) is 0 Å². The zero-order valence-electron chi connectivity index (χ0n) is 12.8. The molecule has 0 aromatic carbocycles. The number of hydrogen-bond donors (Lipinski definition) is 0. The quantitative estimate of drug-likeness (QED) is 0.799. The number of fused-ring (bicyclic) bond motifs is 1. The highest BCUT2D eigenvalue weighted by atomic mass is 16.5. The van der Waals surface area contributed by atoms with Gasteiger partial charge in [-0.05, 0) is 6.07 Å². The molecule has 4 heterocycles. The summed E-state index contributed by atoms with van der Waals surface area (Å²) in [6.45, 7) is 4.18. The number of hydrogen-bond acceptors (Lipinski definition) is 6. The molecule has 0 N–H and O–H groups in total. The minimum atomic E-state index is -0.0122. The van der Waals surface area contributed by atoms with Crippen LogP contribution in [0.25, 0.3) is 0 Å². The van der Waals surface area contributed by atoms with E-state index in [0.717, 1.165) is 26.1 Å². The van der Waals surface area contributed by atoms with E-state index in [-0.39, 0.29) is 5.91 Å². The molecule has 0 bridgehead atoms. The SMILES string of the molecule is O=C(c1cnn2c1OCCC2)N1CCN(c2ncccn2)CC1. The lowest BCUT2D eigenvalue weighted by Gasteiger charge is -2.34. The minimum Gasteiger partial charge on any atom is -0.477 e. The number of aromatic nitrogens is 4. The standard InChI is InChI=1S/C15H18N6O2/c22-13(12-11-18-21-5-2-10-23-14(12)21)19-6-8-20(9-7-19)15-16-3-1-4-17-15/h1,3-4,11H,2,5-10H2. The van der Waals surface area contributed by atoms with Gasteiger partial charge in [0.05, 0.1) is 12.8 Å². The Morgan fingerprint density at radius 2 is 1.87 bits per heavy atom. The van der Waals surface area contributed by atoms with Crippen molar-refractivity contribution in [1.29, 1.82) is 0 Å². The first kappa shape index (κ1) is 14.0. The van der Waals surface area contributed by atoms with Crippen molar-refractivity contribution in [2.45, 2.75) is 13.0 Å². The van der Waals surface area contributed by atoms with E-state index >= 15 is 0 Å². The average molecular weight is 314 g/mol. The summed E-state index contributed by atoms with van der Waals surface area (Å²) >= 11 is 0. The number of amides is 1. The molecule has 8 heteroatoms. The Balaban J connectivity index is 1.44. The van der Waals surface area contributed by atoms with Crippen LogP contribution in [0.4, 0.5) is 5.95 Å². The first-order chi connectivity index (χ1) is 11.3. The topological polar surface area (TPSA) is 76.4 Å². The molecule has 0 saturated carbocycles. The van der Waals surface area contributed by atoms with Crippen LogP contribution in [0.2, 0.25) is 0 Å². The molecular weight excluding hydrogens is 296 g/mol. The van der Waals surface area contributed by atoms with Crippen LogP contribution in [0, 0.1) is 0 Å². The molecular formula is C15H18N6O2. The van der Waals surface area contributed by atoms with Gasteiger partial charge in [-0.2, -0.15) is 5.10 Å². The fourth-order valence-electron chi connectivity index (χ4n) is 2.95. The fraction of sp³-hybridized carbons (Fsp3) is 0.467. The normalized spacial score (nSPS) is 17.6. The highest BCUT2D eigenvalue weighted by Gasteiger charge is 2.28. The second kappa shape index (κ2) is 5.86. The largest absolute Gasteiger partial charge is 0.477 e. The van der Waals surface area contributed by atoms with Crippen molar-refractivity contribution in [1.82, 2.24) is 24.6 Å². The number of carbonyl (C=O) groups excluding carboxylic acids is 1. The van der Waals surface area contributed by atoms with Crippen molar-refractivity contribution >= 4 is 11.9 Å². The predicted octanol–water partition coefficient (Wildman–Crippen LogP) is 0.418. The first-order valence-corrected chi connectivity index (χ1v) is 7.83. The Morgan fingerprint density at radius 1 is 1.09 bits per heavy atom. The van der Waals surface area contributed by atoms with Gasteiger partial charge in [0.25, 0.3) is 5.91 Å². The summed E-state index contributed by atoms with van der Waals surface area (Å²) in [6.07, 6.45) is 6.01. The number of carbonyl (C=O) groups is 1.